The van der Waals surface area contributed by atoms with Gasteiger partial charge in [-0.2, -0.15) is 0 Å². The molecule has 2 heterocycles. The number of nitrogens with zero attached hydrogens (tertiary/aromatic N) is 1. The average molecular weight is 439 g/mol. The van der Waals surface area contributed by atoms with Crippen LogP contribution in [0.15, 0.2) is 68.6 Å². The second-order valence-corrected chi connectivity index (χ2v) is 7.70. The van der Waals surface area contributed by atoms with Gasteiger partial charge in [-0.25, -0.2) is 4.99 Å². The minimum absolute atomic E-state index is 0.179. The summed E-state index contributed by atoms with van der Waals surface area (Å²) >= 11 is 0. The summed E-state index contributed by atoms with van der Waals surface area (Å²) in [5, 5.41) is 19.9. The van der Waals surface area contributed by atoms with E-state index in [1.54, 1.807) is 31.4 Å². The fraction of sp³-hybridized carbons (Fsp3) is 0.333. The van der Waals surface area contributed by atoms with Crippen LogP contribution in [0, 0.1) is 6.92 Å². The monoisotopic (exact) mass is 438 g/mol. The van der Waals surface area contributed by atoms with E-state index in [-0.39, 0.29) is 12.5 Å². The van der Waals surface area contributed by atoms with E-state index >= 15 is 0 Å². The number of benzene rings is 1. The van der Waals surface area contributed by atoms with Gasteiger partial charge in [-0.1, -0.05) is 12.1 Å². The van der Waals surface area contributed by atoms with Gasteiger partial charge in [0.25, 0.3) is 5.91 Å². The van der Waals surface area contributed by atoms with Gasteiger partial charge < -0.3 is 29.9 Å². The number of hydrogen-bond donors (Lipinski definition) is 4. The van der Waals surface area contributed by atoms with E-state index in [1.807, 2.05) is 44.2 Å². The number of aliphatic imine (C=N–C) groups is 1. The molecule has 3 aromatic rings. The van der Waals surface area contributed by atoms with E-state index in [0.29, 0.717) is 42.7 Å². The van der Waals surface area contributed by atoms with Crippen molar-refractivity contribution >= 4 is 11.9 Å². The quantitative estimate of drug-likeness (QED) is 0.302. The fourth-order valence-electron chi connectivity index (χ4n) is 3.07. The van der Waals surface area contributed by atoms with Gasteiger partial charge in [0, 0.05) is 12.1 Å². The Morgan fingerprint density at radius 2 is 1.97 bits per heavy atom. The maximum Gasteiger partial charge on any atom is 0.251 e. The predicted molar refractivity (Wildman–Crippen MR) is 122 cm³/mol. The maximum atomic E-state index is 12.4. The van der Waals surface area contributed by atoms with Crippen molar-refractivity contribution in [1.29, 1.82) is 0 Å². The van der Waals surface area contributed by atoms with Crippen molar-refractivity contribution in [3.63, 3.8) is 0 Å². The summed E-state index contributed by atoms with van der Waals surface area (Å²) in [6, 6.07) is 14.5. The van der Waals surface area contributed by atoms with E-state index < -0.39 is 5.60 Å². The van der Waals surface area contributed by atoms with E-state index in [1.165, 1.54) is 0 Å². The number of guanidine groups is 1. The lowest BCUT2D eigenvalue weighted by Crippen LogP contribution is -2.44. The largest absolute Gasteiger partial charge is 0.467 e. The van der Waals surface area contributed by atoms with Crippen LogP contribution in [0.4, 0.5) is 0 Å². The van der Waals surface area contributed by atoms with Crippen molar-refractivity contribution in [1.82, 2.24) is 16.0 Å². The summed E-state index contributed by atoms with van der Waals surface area (Å²) in [6.07, 6.45) is 1.57. The Bertz CT molecular complexity index is 1040. The zero-order valence-electron chi connectivity index (χ0n) is 18.6. The van der Waals surface area contributed by atoms with Crippen molar-refractivity contribution in [3.8, 4) is 0 Å². The molecule has 0 bridgehead atoms. The van der Waals surface area contributed by atoms with Gasteiger partial charge in [-0.15, -0.1) is 0 Å². The highest BCUT2D eigenvalue weighted by Gasteiger charge is 2.27. The first-order valence-corrected chi connectivity index (χ1v) is 10.6. The van der Waals surface area contributed by atoms with E-state index in [9.17, 15) is 9.90 Å². The molecule has 0 aliphatic carbocycles. The molecule has 1 atom stereocenters. The van der Waals surface area contributed by atoms with Gasteiger partial charge in [0.05, 0.1) is 25.9 Å². The van der Waals surface area contributed by atoms with Gasteiger partial charge in [-0.05, 0) is 62.7 Å². The first-order chi connectivity index (χ1) is 15.4. The highest BCUT2D eigenvalue weighted by molar-refractivity contribution is 5.94. The number of hydrogen-bond acceptors (Lipinski definition) is 5. The van der Waals surface area contributed by atoms with Crippen LogP contribution >= 0.6 is 0 Å². The van der Waals surface area contributed by atoms with Crippen molar-refractivity contribution in [3.05, 3.63) is 83.2 Å². The molecule has 0 saturated carbocycles. The first kappa shape index (κ1) is 23.1. The minimum Gasteiger partial charge on any atom is -0.467 e. The van der Waals surface area contributed by atoms with Crippen LogP contribution in [0.25, 0.3) is 0 Å². The minimum atomic E-state index is -1.18. The van der Waals surface area contributed by atoms with Crippen LogP contribution in [0.1, 0.15) is 47.0 Å². The van der Waals surface area contributed by atoms with Crippen molar-refractivity contribution in [2.75, 3.05) is 13.1 Å². The van der Waals surface area contributed by atoms with Crippen molar-refractivity contribution < 1.29 is 18.7 Å². The van der Waals surface area contributed by atoms with Gasteiger partial charge in [-0.3, -0.25) is 4.79 Å². The van der Waals surface area contributed by atoms with E-state index in [4.69, 9.17) is 8.83 Å². The third-order valence-electron chi connectivity index (χ3n) is 4.83. The lowest BCUT2D eigenvalue weighted by molar-refractivity contribution is 0.0378. The smallest absolute Gasteiger partial charge is 0.251 e. The van der Waals surface area contributed by atoms with E-state index in [0.717, 1.165) is 11.3 Å². The lowest BCUT2D eigenvalue weighted by Gasteiger charge is -2.22. The standard InChI is InChI=1S/C24H30N4O4/c1-4-25-23(28-16-24(3,30)21-11-10-17(2)32-21)27-14-18-7-5-8-19(13-18)22(29)26-15-20-9-6-12-31-20/h5-13,30H,4,14-16H2,1-3H3,(H,26,29)(H2,25,27,28). The van der Waals surface area contributed by atoms with Crippen molar-refractivity contribution in [2.45, 2.75) is 39.5 Å². The molecule has 8 heteroatoms. The number of carbonyl (C=O) groups is 1. The summed E-state index contributed by atoms with van der Waals surface area (Å²) in [5.41, 5.74) is 0.260. The third-order valence-corrected chi connectivity index (χ3v) is 4.83. The first-order valence-electron chi connectivity index (χ1n) is 10.6. The second-order valence-electron chi connectivity index (χ2n) is 7.70. The molecule has 2 aromatic heterocycles. The molecule has 0 spiro atoms. The third kappa shape index (κ3) is 6.49. The molecule has 1 amide bonds. The van der Waals surface area contributed by atoms with Gasteiger partial charge in [0.15, 0.2) is 5.96 Å². The zero-order valence-corrected chi connectivity index (χ0v) is 18.6. The number of nitrogens with one attached hydrogen (secondary N) is 3. The Morgan fingerprint density at radius 3 is 2.66 bits per heavy atom. The molecule has 0 fully saturated rings. The molecule has 3 rings (SSSR count). The molecule has 170 valence electrons. The van der Waals surface area contributed by atoms with Crippen LogP contribution in [0.2, 0.25) is 0 Å². The molecular formula is C24H30N4O4. The average Bonchev–Trinajstić information content (AvgIpc) is 3.46. The summed E-state index contributed by atoms with van der Waals surface area (Å²) < 4.78 is 10.8. The molecule has 1 aromatic carbocycles. The van der Waals surface area contributed by atoms with Gasteiger partial charge in [0.2, 0.25) is 0 Å². The number of aryl methyl sites for hydroxylation is 1. The number of aliphatic hydroxyl groups is 1. The Balaban J connectivity index is 1.60. The van der Waals surface area contributed by atoms with E-state index in [2.05, 4.69) is 20.9 Å². The van der Waals surface area contributed by atoms with Crippen LogP contribution in [0.3, 0.4) is 0 Å². The molecule has 32 heavy (non-hydrogen) atoms. The fourth-order valence-corrected chi connectivity index (χ4v) is 3.07. The highest BCUT2D eigenvalue weighted by Crippen LogP contribution is 2.21. The summed E-state index contributed by atoms with van der Waals surface area (Å²) in [6.45, 7) is 7.09. The number of furan rings is 2. The lowest BCUT2D eigenvalue weighted by atomic mass is 10.0. The van der Waals surface area contributed by atoms with Gasteiger partial charge in [0.1, 0.15) is 22.9 Å². The van der Waals surface area contributed by atoms with Gasteiger partial charge >= 0.3 is 0 Å². The van der Waals surface area contributed by atoms with Crippen LogP contribution in [-0.2, 0) is 18.7 Å². The number of amides is 1. The maximum absolute atomic E-state index is 12.4. The number of rotatable bonds is 9. The van der Waals surface area contributed by atoms with Crippen LogP contribution in [0.5, 0.6) is 0 Å². The molecule has 0 radical (unpaired) electrons. The molecule has 1 unspecified atom stereocenters. The Kier molecular flexibility index (Phi) is 7.72. The Hall–Kier alpha value is -3.52. The Morgan fingerprint density at radius 1 is 1.12 bits per heavy atom. The van der Waals surface area contributed by atoms with Crippen molar-refractivity contribution in [2.24, 2.45) is 4.99 Å². The molecule has 0 saturated heterocycles. The second kappa shape index (κ2) is 10.7. The van der Waals surface area contributed by atoms with Crippen LogP contribution in [-0.4, -0.2) is 30.1 Å². The number of carbonyl (C=O) groups excluding carboxylic acids is 1. The zero-order chi connectivity index (χ0) is 23.0. The molecule has 8 nitrogen and oxygen atoms in total. The Labute approximate surface area is 187 Å². The summed E-state index contributed by atoms with van der Waals surface area (Å²) in [5.74, 6) is 2.31. The normalized spacial score (nSPS) is 13.4. The predicted octanol–water partition coefficient (Wildman–Crippen LogP) is 3.07. The SMILES string of the molecule is CCNC(=NCc1cccc(C(=O)NCc2ccco2)c1)NCC(C)(O)c1ccc(C)o1. The highest BCUT2D eigenvalue weighted by atomic mass is 16.4. The molecule has 4 N–H and O–H groups in total. The molecule has 0 aliphatic heterocycles. The topological polar surface area (TPSA) is 112 Å². The summed E-state index contributed by atoms with van der Waals surface area (Å²) in [7, 11) is 0. The van der Waals surface area contributed by atoms with Crippen LogP contribution < -0.4 is 16.0 Å². The summed E-state index contributed by atoms with van der Waals surface area (Å²) in [4.78, 5) is 17.0. The molecule has 0 aliphatic rings. The molecular weight excluding hydrogens is 408 g/mol.